The van der Waals surface area contributed by atoms with Crippen molar-refractivity contribution in [1.82, 2.24) is 10.2 Å². The fourth-order valence-electron chi connectivity index (χ4n) is 3.01. The van der Waals surface area contributed by atoms with Gasteiger partial charge in [0.1, 0.15) is 0 Å². The maximum Gasteiger partial charge on any atom is 0.0480 e. The van der Waals surface area contributed by atoms with Gasteiger partial charge in [-0.2, -0.15) is 0 Å². The predicted molar refractivity (Wildman–Crippen MR) is 66.7 cm³/mol. The third kappa shape index (κ3) is 3.44. The first-order valence-corrected chi connectivity index (χ1v) is 6.86. The SMILES string of the molecule is CNCCC1CCN(C2CCOCC2)CC1. The summed E-state index contributed by atoms with van der Waals surface area (Å²) in [6, 6.07) is 0.819. The second kappa shape index (κ2) is 6.58. The molecule has 2 heterocycles. The summed E-state index contributed by atoms with van der Waals surface area (Å²) in [7, 11) is 2.05. The second-order valence-electron chi connectivity index (χ2n) is 5.22. The highest BCUT2D eigenvalue weighted by Crippen LogP contribution is 2.24. The highest BCUT2D eigenvalue weighted by Gasteiger charge is 2.25. The Morgan fingerprint density at radius 1 is 1.12 bits per heavy atom. The molecule has 0 bridgehead atoms. The van der Waals surface area contributed by atoms with E-state index in [1.807, 2.05) is 0 Å². The van der Waals surface area contributed by atoms with Crippen LogP contribution in [0.2, 0.25) is 0 Å². The van der Waals surface area contributed by atoms with Gasteiger partial charge in [-0.25, -0.2) is 0 Å². The number of hydrogen-bond donors (Lipinski definition) is 1. The molecule has 0 aromatic carbocycles. The minimum Gasteiger partial charge on any atom is -0.381 e. The van der Waals surface area contributed by atoms with Crippen LogP contribution in [0.4, 0.5) is 0 Å². The molecule has 0 aliphatic carbocycles. The van der Waals surface area contributed by atoms with Crippen molar-refractivity contribution in [3.05, 3.63) is 0 Å². The average molecular weight is 226 g/mol. The summed E-state index contributed by atoms with van der Waals surface area (Å²) in [5, 5.41) is 3.26. The van der Waals surface area contributed by atoms with E-state index in [1.54, 1.807) is 0 Å². The number of rotatable bonds is 4. The van der Waals surface area contributed by atoms with Crippen molar-refractivity contribution in [2.75, 3.05) is 39.9 Å². The summed E-state index contributed by atoms with van der Waals surface area (Å²) in [4.78, 5) is 2.71. The van der Waals surface area contributed by atoms with Gasteiger partial charge in [-0.3, -0.25) is 0 Å². The molecule has 2 aliphatic rings. The molecule has 0 atom stereocenters. The summed E-state index contributed by atoms with van der Waals surface area (Å²) < 4.78 is 5.43. The first kappa shape index (κ1) is 12.3. The molecule has 2 aliphatic heterocycles. The van der Waals surface area contributed by atoms with Crippen molar-refractivity contribution >= 4 is 0 Å². The van der Waals surface area contributed by atoms with Crippen molar-refractivity contribution in [3.8, 4) is 0 Å². The van der Waals surface area contributed by atoms with Crippen LogP contribution in [-0.2, 0) is 4.74 Å². The maximum absolute atomic E-state index is 5.43. The molecule has 94 valence electrons. The summed E-state index contributed by atoms with van der Waals surface area (Å²) in [5.41, 5.74) is 0. The smallest absolute Gasteiger partial charge is 0.0480 e. The highest BCUT2D eigenvalue weighted by atomic mass is 16.5. The summed E-state index contributed by atoms with van der Waals surface area (Å²) >= 11 is 0. The summed E-state index contributed by atoms with van der Waals surface area (Å²) in [5.74, 6) is 0.962. The van der Waals surface area contributed by atoms with Gasteiger partial charge in [0.15, 0.2) is 0 Å². The first-order chi connectivity index (χ1) is 7.90. The Labute approximate surface area is 99.5 Å². The van der Waals surface area contributed by atoms with Crippen LogP contribution in [0, 0.1) is 5.92 Å². The van der Waals surface area contributed by atoms with E-state index >= 15 is 0 Å². The molecule has 2 fully saturated rings. The van der Waals surface area contributed by atoms with Crippen LogP contribution < -0.4 is 5.32 Å². The molecule has 0 radical (unpaired) electrons. The van der Waals surface area contributed by atoms with Crippen molar-refractivity contribution in [2.24, 2.45) is 5.92 Å². The Morgan fingerprint density at radius 2 is 1.81 bits per heavy atom. The Hall–Kier alpha value is -0.120. The highest BCUT2D eigenvalue weighted by molar-refractivity contribution is 4.80. The van der Waals surface area contributed by atoms with Gasteiger partial charge < -0.3 is 15.0 Å². The van der Waals surface area contributed by atoms with Gasteiger partial charge in [-0.05, 0) is 64.7 Å². The standard InChI is InChI=1S/C13H26N2O/c1-14-7-2-12-3-8-15(9-4-12)13-5-10-16-11-6-13/h12-14H,2-11H2,1H3. The van der Waals surface area contributed by atoms with E-state index in [-0.39, 0.29) is 0 Å². The molecule has 0 spiro atoms. The largest absolute Gasteiger partial charge is 0.381 e. The zero-order chi connectivity index (χ0) is 11.2. The molecule has 0 aromatic heterocycles. The number of ether oxygens (including phenoxy) is 1. The number of hydrogen-bond acceptors (Lipinski definition) is 3. The maximum atomic E-state index is 5.43. The molecule has 3 nitrogen and oxygen atoms in total. The molecule has 16 heavy (non-hydrogen) atoms. The van der Waals surface area contributed by atoms with Gasteiger partial charge in [0, 0.05) is 19.3 Å². The van der Waals surface area contributed by atoms with E-state index in [9.17, 15) is 0 Å². The molecule has 0 unspecified atom stereocenters. The normalized spacial score (nSPS) is 26.1. The molecular weight excluding hydrogens is 200 g/mol. The fraction of sp³-hybridized carbons (Fsp3) is 1.00. The van der Waals surface area contributed by atoms with Gasteiger partial charge in [0.2, 0.25) is 0 Å². The zero-order valence-corrected chi connectivity index (χ0v) is 10.6. The van der Waals surface area contributed by atoms with E-state index in [4.69, 9.17) is 4.74 Å². The third-order valence-electron chi connectivity index (χ3n) is 4.16. The molecule has 2 saturated heterocycles. The molecular formula is C13H26N2O. The fourth-order valence-corrected chi connectivity index (χ4v) is 3.01. The Kier molecular flexibility index (Phi) is 5.07. The molecule has 0 amide bonds. The summed E-state index contributed by atoms with van der Waals surface area (Å²) in [6.07, 6.45) is 6.67. The van der Waals surface area contributed by atoms with Crippen molar-refractivity contribution in [2.45, 2.75) is 38.1 Å². The number of nitrogens with one attached hydrogen (secondary N) is 1. The lowest BCUT2D eigenvalue weighted by Gasteiger charge is -2.39. The van der Waals surface area contributed by atoms with Crippen LogP contribution in [0.1, 0.15) is 32.1 Å². The van der Waals surface area contributed by atoms with Crippen LogP contribution in [0.15, 0.2) is 0 Å². The van der Waals surface area contributed by atoms with Crippen LogP contribution >= 0.6 is 0 Å². The van der Waals surface area contributed by atoms with Crippen LogP contribution in [0.5, 0.6) is 0 Å². The zero-order valence-electron chi connectivity index (χ0n) is 10.6. The second-order valence-corrected chi connectivity index (χ2v) is 5.22. The summed E-state index contributed by atoms with van der Waals surface area (Å²) in [6.45, 7) is 5.77. The van der Waals surface area contributed by atoms with E-state index < -0.39 is 0 Å². The number of piperidine rings is 1. The average Bonchev–Trinajstić information content (AvgIpc) is 2.38. The number of nitrogens with zero attached hydrogens (tertiary/aromatic N) is 1. The molecule has 3 heteroatoms. The van der Waals surface area contributed by atoms with Crippen LogP contribution in [0.3, 0.4) is 0 Å². The first-order valence-electron chi connectivity index (χ1n) is 6.86. The van der Waals surface area contributed by atoms with Gasteiger partial charge in [-0.1, -0.05) is 0 Å². The molecule has 0 saturated carbocycles. The lowest BCUT2D eigenvalue weighted by molar-refractivity contribution is 0.0206. The van der Waals surface area contributed by atoms with Crippen LogP contribution in [0.25, 0.3) is 0 Å². The minimum absolute atomic E-state index is 0.819. The van der Waals surface area contributed by atoms with E-state index in [0.717, 1.165) is 25.2 Å². The van der Waals surface area contributed by atoms with Crippen LogP contribution in [-0.4, -0.2) is 50.8 Å². The van der Waals surface area contributed by atoms with Gasteiger partial charge >= 0.3 is 0 Å². The van der Waals surface area contributed by atoms with Crippen molar-refractivity contribution in [1.29, 1.82) is 0 Å². The van der Waals surface area contributed by atoms with E-state index in [0.29, 0.717) is 0 Å². The van der Waals surface area contributed by atoms with Crippen molar-refractivity contribution in [3.63, 3.8) is 0 Å². The van der Waals surface area contributed by atoms with Gasteiger partial charge in [0.05, 0.1) is 0 Å². The lowest BCUT2D eigenvalue weighted by atomic mass is 9.91. The number of likely N-dealkylation sites (tertiary alicyclic amines) is 1. The monoisotopic (exact) mass is 226 g/mol. The van der Waals surface area contributed by atoms with Gasteiger partial charge in [0.25, 0.3) is 0 Å². The molecule has 2 rings (SSSR count). The van der Waals surface area contributed by atoms with E-state index in [2.05, 4.69) is 17.3 Å². The Morgan fingerprint density at radius 3 is 2.44 bits per heavy atom. The van der Waals surface area contributed by atoms with Gasteiger partial charge in [-0.15, -0.1) is 0 Å². The molecule has 0 aromatic rings. The quantitative estimate of drug-likeness (QED) is 0.786. The third-order valence-corrected chi connectivity index (χ3v) is 4.16. The Bertz CT molecular complexity index is 184. The Balaban J connectivity index is 1.67. The molecule has 1 N–H and O–H groups in total. The predicted octanol–water partition coefficient (Wildman–Crippen LogP) is 1.49. The lowest BCUT2D eigenvalue weighted by Crippen LogP contribution is -2.44. The topological polar surface area (TPSA) is 24.5 Å². The van der Waals surface area contributed by atoms with Crippen molar-refractivity contribution < 1.29 is 4.74 Å². The van der Waals surface area contributed by atoms with E-state index in [1.165, 1.54) is 51.7 Å². The minimum atomic E-state index is 0.819.